The summed E-state index contributed by atoms with van der Waals surface area (Å²) in [7, 11) is 1.61. The molecule has 190 valence electrons. The number of H-pyrrole nitrogens is 1. The summed E-state index contributed by atoms with van der Waals surface area (Å²) in [4.78, 5) is 12.4. The predicted molar refractivity (Wildman–Crippen MR) is 136 cm³/mol. The summed E-state index contributed by atoms with van der Waals surface area (Å²) < 4.78 is 28.8. The molecular weight excluding hydrogens is 459 g/mol. The van der Waals surface area contributed by atoms with Crippen molar-refractivity contribution in [1.29, 1.82) is 0 Å². The van der Waals surface area contributed by atoms with E-state index in [0.717, 1.165) is 55.7 Å². The van der Waals surface area contributed by atoms with Crippen molar-refractivity contribution in [2.45, 2.75) is 69.9 Å². The summed E-state index contributed by atoms with van der Waals surface area (Å²) in [6, 6.07) is 2.38. The molecular formula is C27H33FN6O2. The number of pyridine rings is 2. The zero-order chi connectivity index (χ0) is 25.0. The van der Waals surface area contributed by atoms with Crippen molar-refractivity contribution in [1.82, 2.24) is 29.9 Å². The molecule has 0 unspecified atom stereocenters. The van der Waals surface area contributed by atoms with Crippen LogP contribution in [0.15, 0.2) is 24.8 Å². The average molecular weight is 493 g/mol. The third-order valence-corrected chi connectivity index (χ3v) is 7.78. The summed E-state index contributed by atoms with van der Waals surface area (Å²) in [6.45, 7) is 7.94. The lowest BCUT2D eigenvalue weighted by Gasteiger charge is -2.43. The zero-order valence-corrected chi connectivity index (χ0v) is 21.3. The summed E-state index contributed by atoms with van der Waals surface area (Å²) in [5.74, 6) is 0.651. The van der Waals surface area contributed by atoms with E-state index in [-0.39, 0.29) is 23.2 Å². The van der Waals surface area contributed by atoms with Crippen LogP contribution >= 0.6 is 0 Å². The molecule has 0 bridgehead atoms. The minimum atomic E-state index is -0.191. The molecule has 1 aliphatic carbocycles. The van der Waals surface area contributed by atoms with Crippen molar-refractivity contribution < 1.29 is 13.9 Å². The van der Waals surface area contributed by atoms with E-state index in [2.05, 4.69) is 46.1 Å². The first-order valence-electron chi connectivity index (χ1n) is 12.8. The lowest BCUT2D eigenvalue weighted by Crippen LogP contribution is -2.61. The van der Waals surface area contributed by atoms with E-state index in [1.165, 1.54) is 6.33 Å². The molecule has 1 saturated heterocycles. The topological polar surface area (TPSA) is 89.4 Å². The Labute approximate surface area is 209 Å². The second-order valence-corrected chi connectivity index (χ2v) is 10.9. The number of nitrogens with one attached hydrogen (secondary N) is 2. The molecule has 1 saturated carbocycles. The third-order valence-electron chi connectivity index (χ3n) is 7.78. The fraction of sp³-hybridized carbons (Fsp3) is 0.519. The SMILES string of the molecule is COc1cc(-c2[nH]c3cnc(C4CCC(NC5(C)COC5)CC4)c(F)c3c2C(C)C)cn2ncnc12. The molecule has 2 aliphatic rings. The Bertz CT molecular complexity index is 1410. The Balaban J connectivity index is 1.35. The number of nitrogens with zero attached hydrogens (tertiary/aromatic N) is 4. The Hall–Kier alpha value is -3.04. The van der Waals surface area contributed by atoms with Gasteiger partial charge in [0, 0.05) is 29.1 Å². The molecule has 5 heterocycles. The van der Waals surface area contributed by atoms with Crippen LogP contribution in [0.4, 0.5) is 4.39 Å². The lowest BCUT2D eigenvalue weighted by atomic mass is 9.82. The van der Waals surface area contributed by atoms with Crippen molar-refractivity contribution in [3.05, 3.63) is 41.9 Å². The number of methoxy groups -OCH3 is 1. The normalized spacial score (nSPS) is 21.8. The molecule has 2 N–H and O–H groups in total. The van der Waals surface area contributed by atoms with E-state index in [4.69, 9.17) is 9.47 Å². The molecule has 4 aromatic rings. The number of rotatable bonds is 6. The van der Waals surface area contributed by atoms with Gasteiger partial charge in [0.1, 0.15) is 6.33 Å². The van der Waals surface area contributed by atoms with E-state index < -0.39 is 0 Å². The minimum absolute atomic E-state index is 0.0888. The van der Waals surface area contributed by atoms with E-state index in [1.54, 1.807) is 17.8 Å². The van der Waals surface area contributed by atoms with E-state index in [1.807, 2.05) is 12.3 Å². The first-order valence-corrected chi connectivity index (χ1v) is 12.8. The van der Waals surface area contributed by atoms with Gasteiger partial charge in [-0.3, -0.25) is 4.98 Å². The fourth-order valence-electron chi connectivity index (χ4n) is 5.95. The van der Waals surface area contributed by atoms with E-state index in [9.17, 15) is 0 Å². The van der Waals surface area contributed by atoms with Crippen LogP contribution in [0.2, 0.25) is 0 Å². The quantitative estimate of drug-likeness (QED) is 0.396. The predicted octanol–water partition coefficient (Wildman–Crippen LogP) is 4.95. The summed E-state index contributed by atoms with van der Waals surface area (Å²) in [6.07, 6.45) is 9.09. The third kappa shape index (κ3) is 3.85. The van der Waals surface area contributed by atoms with Crippen LogP contribution in [0.5, 0.6) is 5.75 Å². The standard InChI is InChI=1S/C27H33FN6O2/c1-15(2)21-22-19(32-24(21)17-9-20(35-4)26-30-14-31-34(26)11-17)10-29-25(23(22)28)16-5-7-18(8-6-16)33-27(3)12-36-13-27/h9-11,14-16,18,32-33H,5-8,12-13H2,1-4H3. The van der Waals surface area contributed by atoms with E-state index >= 15 is 4.39 Å². The fourth-order valence-corrected chi connectivity index (χ4v) is 5.95. The number of halogens is 1. The highest BCUT2D eigenvalue weighted by Crippen LogP contribution is 2.41. The number of ether oxygens (including phenoxy) is 2. The van der Waals surface area contributed by atoms with Gasteiger partial charge in [-0.15, -0.1) is 0 Å². The number of fused-ring (bicyclic) bond motifs is 2. The molecule has 8 nitrogen and oxygen atoms in total. The lowest BCUT2D eigenvalue weighted by molar-refractivity contribution is -0.0712. The molecule has 0 atom stereocenters. The van der Waals surface area contributed by atoms with E-state index in [0.29, 0.717) is 34.0 Å². The van der Waals surface area contributed by atoms with Gasteiger partial charge < -0.3 is 19.8 Å². The molecule has 6 rings (SSSR count). The Morgan fingerprint density at radius 3 is 2.67 bits per heavy atom. The number of hydrogen-bond acceptors (Lipinski definition) is 6. The summed E-state index contributed by atoms with van der Waals surface area (Å²) >= 11 is 0. The van der Waals surface area contributed by atoms with Crippen molar-refractivity contribution in [3.63, 3.8) is 0 Å². The average Bonchev–Trinajstić information content (AvgIpc) is 3.48. The van der Waals surface area contributed by atoms with Gasteiger partial charge in [0.25, 0.3) is 0 Å². The minimum Gasteiger partial charge on any atom is -0.493 e. The maximum atomic E-state index is 16.2. The molecule has 1 aliphatic heterocycles. The van der Waals surface area contributed by atoms with Crippen molar-refractivity contribution in [2.75, 3.05) is 20.3 Å². The second kappa shape index (κ2) is 8.81. The van der Waals surface area contributed by atoms with Crippen LogP contribution in [0.3, 0.4) is 0 Å². The molecule has 0 spiro atoms. The van der Waals surface area contributed by atoms with Gasteiger partial charge in [0.15, 0.2) is 17.2 Å². The molecule has 36 heavy (non-hydrogen) atoms. The smallest absolute Gasteiger partial charge is 0.197 e. The van der Waals surface area contributed by atoms with Crippen LogP contribution in [0.25, 0.3) is 27.8 Å². The highest BCUT2D eigenvalue weighted by atomic mass is 19.1. The summed E-state index contributed by atoms with van der Waals surface area (Å²) in [5, 5.41) is 8.67. The monoisotopic (exact) mass is 492 g/mol. The molecule has 4 aromatic heterocycles. The summed E-state index contributed by atoms with van der Waals surface area (Å²) in [5.41, 5.74) is 4.70. The maximum absolute atomic E-state index is 16.2. The maximum Gasteiger partial charge on any atom is 0.197 e. The molecule has 0 amide bonds. The first-order chi connectivity index (χ1) is 17.4. The second-order valence-electron chi connectivity index (χ2n) is 10.9. The molecule has 9 heteroatoms. The van der Waals surface area contributed by atoms with Crippen LogP contribution in [0, 0.1) is 5.82 Å². The Morgan fingerprint density at radius 2 is 2.00 bits per heavy atom. The van der Waals surface area contributed by atoms with Crippen LogP contribution in [0.1, 0.15) is 69.5 Å². The highest BCUT2D eigenvalue weighted by Gasteiger charge is 2.37. The van der Waals surface area contributed by atoms with Gasteiger partial charge in [0.05, 0.1) is 49.0 Å². The van der Waals surface area contributed by atoms with Gasteiger partial charge in [-0.25, -0.2) is 13.9 Å². The van der Waals surface area contributed by atoms with Gasteiger partial charge in [-0.2, -0.15) is 5.10 Å². The first kappa shape index (κ1) is 23.4. The number of aromatic nitrogens is 5. The zero-order valence-electron chi connectivity index (χ0n) is 21.3. The highest BCUT2D eigenvalue weighted by molar-refractivity contribution is 5.92. The van der Waals surface area contributed by atoms with Gasteiger partial charge in [-0.1, -0.05) is 13.8 Å². The molecule has 2 fully saturated rings. The number of hydrogen-bond donors (Lipinski definition) is 2. The largest absolute Gasteiger partial charge is 0.493 e. The Kier molecular flexibility index (Phi) is 5.72. The van der Waals surface area contributed by atoms with Crippen molar-refractivity contribution in [3.8, 4) is 17.0 Å². The van der Waals surface area contributed by atoms with Crippen molar-refractivity contribution >= 4 is 16.6 Å². The number of aromatic amines is 1. The van der Waals surface area contributed by atoms with Crippen LogP contribution in [-0.2, 0) is 4.74 Å². The van der Waals surface area contributed by atoms with Gasteiger partial charge in [-0.05, 0) is 50.2 Å². The Morgan fingerprint density at radius 1 is 1.22 bits per heavy atom. The van der Waals surface area contributed by atoms with Crippen LogP contribution < -0.4 is 10.1 Å². The molecule has 0 radical (unpaired) electrons. The van der Waals surface area contributed by atoms with Crippen molar-refractivity contribution in [2.24, 2.45) is 0 Å². The molecule has 0 aromatic carbocycles. The van der Waals surface area contributed by atoms with Gasteiger partial charge in [0.2, 0.25) is 0 Å². The van der Waals surface area contributed by atoms with Crippen LogP contribution in [-0.4, -0.2) is 56.5 Å². The van der Waals surface area contributed by atoms with Gasteiger partial charge >= 0.3 is 0 Å².